The number of pyridine rings is 1. The monoisotopic (exact) mass is 435 g/mol. The number of nitriles is 1. The van der Waals surface area contributed by atoms with Crippen molar-refractivity contribution in [2.24, 2.45) is 0 Å². The number of hydrogen-bond acceptors (Lipinski definition) is 6. The summed E-state index contributed by atoms with van der Waals surface area (Å²) in [6.45, 7) is 5.96. The Morgan fingerprint density at radius 3 is 2.50 bits per heavy atom. The largest absolute Gasteiger partial charge is 0.494 e. The lowest BCUT2D eigenvalue weighted by Gasteiger charge is -2.23. The summed E-state index contributed by atoms with van der Waals surface area (Å²) < 4.78 is 32.3. The van der Waals surface area contributed by atoms with Gasteiger partial charge >= 0.3 is 0 Å². The van der Waals surface area contributed by atoms with Crippen molar-refractivity contribution in [2.75, 3.05) is 19.0 Å². The first kappa shape index (κ1) is 22.9. The first-order valence-electron chi connectivity index (χ1n) is 10.4. The first-order chi connectivity index (χ1) is 15.4. The third-order valence-corrected chi connectivity index (χ3v) is 4.60. The highest BCUT2D eigenvalue weighted by molar-refractivity contribution is 5.53. The van der Waals surface area contributed by atoms with Crippen LogP contribution >= 0.6 is 0 Å². The molecule has 0 aliphatic carbocycles. The number of nitrogens with one attached hydrogen (secondary N) is 1. The van der Waals surface area contributed by atoms with Gasteiger partial charge in [-0.1, -0.05) is 6.07 Å². The van der Waals surface area contributed by atoms with Crippen LogP contribution in [0, 0.1) is 17.1 Å². The van der Waals surface area contributed by atoms with E-state index in [4.69, 9.17) is 19.5 Å². The van der Waals surface area contributed by atoms with Crippen LogP contribution in [-0.2, 0) is 0 Å². The zero-order chi connectivity index (χ0) is 23.1. The van der Waals surface area contributed by atoms with Crippen LogP contribution in [0.5, 0.6) is 17.4 Å². The van der Waals surface area contributed by atoms with E-state index < -0.39 is 11.9 Å². The predicted octanol–water partition coefficient (Wildman–Crippen LogP) is 5.49. The summed E-state index contributed by atoms with van der Waals surface area (Å²) >= 11 is 0. The Labute approximate surface area is 187 Å². The lowest BCUT2D eigenvalue weighted by atomic mass is 10.0. The lowest BCUT2D eigenvalue weighted by Crippen LogP contribution is -2.17. The van der Waals surface area contributed by atoms with Gasteiger partial charge in [-0.05, 0) is 57.2 Å². The Morgan fingerprint density at radius 1 is 1.12 bits per heavy atom. The molecule has 0 aliphatic rings. The fraction of sp³-hybridized carbons (Fsp3) is 0.280. The molecule has 0 saturated carbocycles. The quantitative estimate of drug-likeness (QED) is 0.479. The molecule has 0 bridgehead atoms. The van der Waals surface area contributed by atoms with E-state index in [1.807, 2.05) is 20.8 Å². The van der Waals surface area contributed by atoms with E-state index in [1.165, 1.54) is 7.11 Å². The normalized spacial score (nSPS) is 11.5. The minimum Gasteiger partial charge on any atom is -0.494 e. The van der Waals surface area contributed by atoms with E-state index in [9.17, 15) is 0 Å². The standard InChI is InChI=1S/C25H26FN3O3/c1-5-31-19-13-20(24(26)22(14-19)32-16(2)3)25(21-7-6-8-23(29-21)30-4)28-18-11-9-17(15-27)10-12-18/h6-14,16,25,28H,5H2,1-4H3. The number of anilines is 1. The summed E-state index contributed by atoms with van der Waals surface area (Å²) in [5.74, 6) is 0.511. The first-order valence-corrected chi connectivity index (χ1v) is 10.4. The lowest BCUT2D eigenvalue weighted by molar-refractivity contribution is 0.228. The number of rotatable bonds is 9. The van der Waals surface area contributed by atoms with E-state index in [0.717, 1.165) is 0 Å². The second kappa shape index (κ2) is 10.5. The van der Waals surface area contributed by atoms with Crippen LogP contribution in [0.3, 0.4) is 0 Å². The number of benzene rings is 2. The fourth-order valence-electron chi connectivity index (χ4n) is 3.22. The van der Waals surface area contributed by atoms with E-state index in [2.05, 4.69) is 16.4 Å². The van der Waals surface area contributed by atoms with Gasteiger partial charge in [-0.15, -0.1) is 0 Å². The number of nitrogens with zero attached hydrogens (tertiary/aromatic N) is 2. The average Bonchev–Trinajstić information content (AvgIpc) is 2.80. The second-order valence-corrected chi connectivity index (χ2v) is 7.30. The zero-order valence-electron chi connectivity index (χ0n) is 18.6. The van der Waals surface area contributed by atoms with Crippen LogP contribution in [0.4, 0.5) is 10.1 Å². The van der Waals surface area contributed by atoms with Crippen molar-refractivity contribution in [3.8, 4) is 23.4 Å². The molecule has 0 saturated heterocycles. The Morgan fingerprint density at radius 2 is 1.88 bits per heavy atom. The van der Waals surface area contributed by atoms with E-state index in [0.29, 0.717) is 40.7 Å². The molecule has 32 heavy (non-hydrogen) atoms. The number of hydrogen-bond donors (Lipinski definition) is 1. The summed E-state index contributed by atoms with van der Waals surface area (Å²) in [7, 11) is 1.53. The van der Waals surface area contributed by atoms with Crippen LogP contribution in [0.15, 0.2) is 54.6 Å². The molecule has 0 radical (unpaired) electrons. The van der Waals surface area contributed by atoms with Gasteiger partial charge in [-0.3, -0.25) is 0 Å². The van der Waals surface area contributed by atoms with Crippen LogP contribution in [0.1, 0.15) is 43.6 Å². The van der Waals surface area contributed by atoms with Crippen LogP contribution in [0.25, 0.3) is 0 Å². The highest BCUT2D eigenvalue weighted by Crippen LogP contribution is 2.36. The van der Waals surface area contributed by atoms with Gasteiger partial charge in [0.2, 0.25) is 5.88 Å². The molecule has 1 N–H and O–H groups in total. The molecule has 3 rings (SSSR count). The Kier molecular flexibility index (Phi) is 7.50. The van der Waals surface area contributed by atoms with Crippen molar-refractivity contribution < 1.29 is 18.6 Å². The number of methoxy groups -OCH3 is 1. The molecule has 2 aromatic carbocycles. The van der Waals surface area contributed by atoms with Gasteiger partial charge in [-0.25, -0.2) is 9.37 Å². The molecule has 166 valence electrons. The highest BCUT2D eigenvalue weighted by Gasteiger charge is 2.24. The van der Waals surface area contributed by atoms with Gasteiger partial charge < -0.3 is 19.5 Å². The summed E-state index contributed by atoms with van der Waals surface area (Å²) in [5, 5.41) is 12.4. The van der Waals surface area contributed by atoms with Gasteiger partial charge in [0.05, 0.1) is 43.2 Å². The summed E-state index contributed by atoms with van der Waals surface area (Å²) in [5.41, 5.74) is 2.10. The van der Waals surface area contributed by atoms with E-state index in [-0.39, 0.29) is 11.9 Å². The molecular weight excluding hydrogens is 409 g/mol. The highest BCUT2D eigenvalue weighted by atomic mass is 19.1. The van der Waals surface area contributed by atoms with Gasteiger partial charge in [0.1, 0.15) is 5.75 Å². The molecule has 3 aromatic rings. The van der Waals surface area contributed by atoms with Crippen molar-refractivity contribution in [1.82, 2.24) is 4.98 Å². The van der Waals surface area contributed by atoms with Gasteiger partial charge in [0.25, 0.3) is 0 Å². The van der Waals surface area contributed by atoms with Crippen LogP contribution in [0.2, 0.25) is 0 Å². The molecule has 6 nitrogen and oxygen atoms in total. The molecule has 1 aromatic heterocycles. The third kappa shape index (κ3) is 5.46. The molecule has 1 atom stereocenters. The van der Waals surface area contributed by atoms with Crippen molar-refractivity contribution in [3.63, 3.8) is 0 Å². The summed E-state index contributed by atoms with van der Waals surface area (Å²) in [4.78, 5) is 4.52. The van der Waals surface area contributed by atoms with Crippen LogP contribution < -0.4 is 19.5 Å². The molecule has 1 heterocycles. The maximum Gasteiger partial charge on any atom is 0.213 e. The fourth-order valence-corrected chi connectivity index (χ4v) is 3.22. The zero-order valence-corrected chi connectivity index (χ0v) is 18.6. The number of aromatic nitrogens is 1. The van der Waals surface area contributed by atoms with Crippen molar-refractivity contribution in [2.45, 2.75) is 32.9 Å². The maximum absolute atomic E-state index is 15.7. The number of halogens is 1. The Balaban J connectivity index is 2.14. The van der Waals surface area contributed by atoms with Gasteiger partial charge in [0, 0.05) is 23.4 Å². The minimum absolute atomic E-state index is 0.107. The van der Waals surface area contributed by atoms with Crippen molar-refractivity contribution in [3.05, 3.63) is 77.2 Å². The molecule has 0 aliphatic heterocycles. The minimum atomic E-state index is -0.673. The third-order valence-electron chi connectivity index (χ3n) is 4.60. The summed E-state index contributed by atoms with van der Waals surface area (Å²) in [6.07, 6.45) is -0.214. The summed E-state index contributed by atoms with van der Waals surface area (Å²) in [6, 6.07) is 16.9. The van der Waals surface area contributed by atoms with Gasteiger partial charge in [-0.2, -0.15) is 5.26 Å². The molecule has 7 heteroatoms. The average molecular weight is 435 g/mol. The molecule has 1 unspecified atom stereocenters. The predicted molar refractivity (Wildman–Crippen MR) is 121 cm³/mol. The second-order valence-electron chi connectivity index (χ2n) is 7.30. The van der Waals surface area contributed by atoms with E-state index in [1.54, 1.807) is 54.6 Å². The molecular formula is C25H26FN3O3. The Hall–Kier alpha value is -3.79. The van der Waals surface area contributed by atoms with Crippen molar-refractivity contribution >= 4 is 5.69 Å². The van der Waals surface area contributed by atoms with Gasteiger partial charge in [0.15, 0.2) is 11.6 Å². The SMILES string of the molecule is CCOc1cc(OC(C)C)c(F)c(C(Nc2ccc(C#N)cc2)c2cccc(OC)n2)c1. The van der Waals surface area contributed by atoms with Crippen molar-refractivity contribution in [1.29, 1.82) is 5.26 Å². The Bertz CT molecular complexity index is 1090. The van der Waals surface area contributed by atoms with E-state index >= 15 is 4.39 Å². The topological polar surface area (TPSA) is 76.4 Å². The number of ether oxygens (including phenoxy) is 3. The molecule has 0 fully saturated rings. The van der Waals surface area contributed by atoms with Crippen LogP contribution in [-0.4, -0.2) is 24.8 Å². The maximum atomic E-state index is 15.7. The smallest absolute Gasteiger partial charge is 0.213 e. The molecule has 0 spiro atoms. The molecule has 0 amide bonds.